The number of hydrogen-bond acceptors (Lipinski definition) is 3. The Morgan fingerprint density at radius 2 is 1.73 bits per heavy atom. The summed E-state index contributed by atoms with van der Waals surface area (Å²) in [5.41, 5.74) is 4.98. The molecule has 0 aliphatic carbocycles. The first kappa shape index (κ1) is 14.6. The van der Waals surface area contributed by atoms with Gasteiger partial charge < -0.3 is 4.52 Å². The summed E-state index contributed by atoms with van der Waals surface area (Å²) in [6.07, 6.45) is 0. The molecule has 108 valence electrons. The third-order valence-electron chi connectivity index (χ3n) is 3.57. The summed E-state index contributed by atoms with van der Waals surface area (Å²) in [6, 6.07) is 15.8. The fraction of sp³-hybridized carbons (Fsp3) is 0.111. The Morgan fingerprint density at radius 1 is 1.09 bits per heavy atom. The number of rotatable bonds is 2. The van der Waals surface area contributed by atoms with E-state index in [0.29, 0.717) is 17.0 Å². The highest BCUT2D eigenvalue weighted by Crippen LogP contribution is 2.36. The van der Waals surface area contributed by atoms with Crippen LogP contribution < -0.4 is 0 Å². The SMILES string of the molecule is Cc1cc(Br)cc(C)c1-c1noc(-c2ccccc2)c1C#N. The van der Waals surface area contributed by atoms with E-state index in [2.05, 4.69) is 27.2 Å². The third-order valence-corrected chi connectivity index (χ3v) is 4.03. The minimum absolute atomic E-state index is 0.472. The van der Waals surface area contributed by atoms with Crippen molar-refractivity contribution in [1.29, 1.82) is 5.26 Å². The number of hydrogen-bond donors (Lipinski definition) is 0. The van der Waals surface area contributed by atoms with Gasteiger partial charge in [-0.2, -0.15) is 5.26 Å². The summed E-state index contributed by atoms with van der Waals surface area (Å²) in [5, 5.41) is 13.8. The van der Waals surface area contributed by atoms with Crippen molar-refractivity contribution in [3.8, 4) is 28.7 Å². The second kappa shape index (κ2) is 5.78. The Balaban J connectivity index is 2.23. The predicted molar refractivity (Wildman–Crippen MR) is 89.3 cm³/mol. The number of benzene rings is 2. The normalized spacial score (nSPS) is 10.5. The van der Waals surface area contributed by atoms with Gasteiger partial charge in [-0.25, -0.2) is 0 Å². The van der Waals surface area contributed by atoms with Crippen molar-refractivity contribution in [2.24, 2.45) is 0 Å². The van der Waals surface area contributed by atoms with Crippen LogP contribution in [0, 0.1) is 25.2 Å². The van der Waals surface area contributed by atoms with E-state index in [0.717, 1.165) is 26.7 Å². The van der Waals surface area contributed by atoms with E-state index in [-0.39, 0.29) is 0 Å². The number of halogens is 1. The van der Waals surface area contributed by atoms with Gasteiger partial charge in [0, 0.05) is 15.6 Å². The molecule has 0 saturated carbocycles. The van der Waals surface area contributed by atoms with Crippen LogP contribution in [-0.4, -0.2) is 5.16 Å². The molecule has 0 saturated heterocycles. The molecule has 3 nitrogen and oxygen atoms in total. The molecule has 1 aromatic heterocycles. The van der Waals surface area contributed by atoms with Gasteiger partial charge in [0.2, 0.25) is 0 Å². The number of nitrogens with zero attached hydrogens (tertiary/aromatic N) is 2. The lowest BCUT2D eigenvalue weighted by Crippen LogP contribution is -1.91. The van der Waals surface area contributed by atoms with Gasteiger partial charge in [0.1, 0.15) is 17.3 Å². The first-order valence-corrected chi connectivity index (χ1v) is 7.63. The molecule has 3 aromatic rings. The van der Waals surface area contributed by atoms with Crippen LogP contribution in [0.15, 0.2) is 51.5 Å². The van der Waals surface area contributed by atoms with Gasteiger partial charge in [0.05, 0.1) is 0 Å². The summed E-state index contributed by atoms with van der Waals surface area (Å²) in [6.45, 7) is 4.01. The zero-order valence-corrected chi connectivity index (χ0v) is 13.8. The maximum Gasteiger partial charge on any atom is 0.185 e. The first-order valence-electron chi connectivity index (χ1n) is 6.84. The van der Waals surface area contributed by atoms with Crippen LogP contribution in [0.1, 0.15) is 16.7 Å². The molecule has 0 unspecified atom stereocenters. The highest BCUT2D eigenvalue weighted by atomic mass is 79.9. The summed E-state index contributed by atoms with van der Waals surface area (Å²) in [4.78, 5) is 0. The summed E-state index contributed by atoms with van der Waals surface area (Å²) < 4.78 is 6.49. The van der Waals surface area contributed by atoms with Crippen LogP contribution in [0.2, 0.25) is 0 Å². The van der Waals surface area contributed by atoms with Crippen molar-refractivity contribution in [3.63, 3.8) is 0 Å². The van der Waals surface area contributed by atoms with Crippen molar-refractivity contribution < 1.29 is 4.52 Å². The number of aryl methyl sites for hydroxylation is 2. The average Bonchev–Trinajstić information content (AvgIpc) is 2.90. The molecule has 0 fully saturated rings. The Bertz CT molecular complexity index is 853. The molecule has 0 atom stereocenters. The van der Waals surface area contributed by atoms with Crippen molar-refractivity contribution >= 4 is 15.9 Å². The van der Waals surface area contributed by atoms with Gasteiger partial charge in [-0.3, -0.25) is 0 Å². The van der Waals surface area contributed by atoms with Crippen LogP contribution >= 0.6 is 15.9 Å². The molecule has 0 N–H and O–H groups in total. The Kier molecular flexibility index (Phi) is 3.82. The van der Waals surface area contributed by atoms with Gasteiger partial charge in [0.15, 0.2) is 5.76 Å². The van der Waals surface area contributed by atoms with Crippen molar-refractivity contribution in [1.82, 2.24) is 5.16 Å². The van der Waals surface area contributed by atoms with Crippen molar-refractivity contribution in [2.75, 3.05) is 0 Å². The molecule has 22 heavy (non-hydrogen) atoms. The van der Waals surface area contributed by atoms with Crippen LogP contribution in [0.5, 0.6) is 0 Å². The number of nitriles is 1. The Morgan fingerprint density at radius 3 is 2.32 bits per heavy atom. The summed E-state index contributed by atoms with van der Waals surface area (Å²) in [7, 11) is 0. The second-order valence-corrected chi connectivity index (χ2v) is 6.04. The fourth-order valence-corrected chi connectivity index (χ4v) is 3.32. The molecule has 0 aliphatic rings. The van der Waals surface area contributed by atoms with E-state index in [9.17, 15) is 5.26 Å². The molecular weight excluding hydrogens is 340 g/mol. The van der Waals surface area contributed by atoms with Gasteiger partial charge in [-0.15, -0.1) is 0 Å². The second-order valence-electron chi connectivity index (χ2n) is 5.13. The molecular formula is C18H13BrN2O. The van der Waals surface area contributed by atoms with Crippen LogP contribution in [-0.2, 0) is 0 Å². The maximum atomic E-state index is 9.59. The van der Waals surface area contributed by atoms with E-state index < -0.39 is 0 Å². The molecule has 3 rings (SSSR count). The molecule has 0 amide bonds. The fourth-order valence-electron chi connectivity index (χ4n) is 2.64. The van der Waals surface area contributed by atoms with E-state index in [1.54, 1.807) is 0 Å². The smallest absolute Gasteiger partial charge is 0.185 e. The standard InChI is InChI=1S/C18H13BrN2O/c1-11-8-14(19)9-12(2)16(11)17-15(10-20)18(22-21-17)13-6-4-3-5-7-13/h3-9H,1-2H3. The van der Waals surface area contributed by atoms with Crippen LogP contribution in [0.4, 0.5) is 0 Å². The first-order chi connectivity index (χ1) is 10.6. The molecule has 4 heteroatoms. The number of aromatic nitrogens is 1. The average molecular weight is 353 g/mol. The van der Waals surface area contributed by atoms with Crippen molar-refractivity contribution in [3.05, 3.63) is 63.6 Å². The molecule has 0 aliphatic heterocycles. The van der Waals surface area contributed by atoms with E-state index in [1.165, 1.54) is 0 Å². The molecule has 2 aromatic carbocycles. The van der Waals surface area contributed by atoms with E-state index in [1.807, 2.05) is 56.3 Å². The maximum absolute atomic E-state index is 9.59. The third kappa shape index (κ3) is 2.44. The monoisotopic (exact) mass is 352 g/mol. The molecule has 1 heterocycles. The van der Waals surface area contributed by atoms with Gasteiger partial charge >= 0.3 is 0 Å². The Hall–Kier alpha value is -2.38. The van der Waals surface area contributed by atoms with Gasteiger partial charge in [0.25, 0.3) is 0 Å². The molecule has 0 radical (unpaired) electrons. The van der Waals surface area contributed by atoms with Gasteiger partial charge in [-0.1, -0.05) is 51.4 Å². The van der Waals surface area contributed by atoms with Crippen LogP contribution in [0.3, 0.4) is 0 Å². The molecule has 0 bridgehead atoms. The lowest BCUT2D eigenvalue weighted by molar-refractivity contribution is 0.434. The zero-order chi connectivity index (χ0) is 15.7. The minimum atomic E-state index is 0.472. The Labute approximate surface area is 137 Å². The molecule has 0 spiro atoms. The summed E-state index contributed by atoms with van der Waals surface area (Å²) >= 11 is 3.49. The lowest BCUT2D eigenvalue weighted by atomic mass is 9.96. The largest absolute Gasteiger partial charge is 0.354 e. The quantitative estimate of drug-likeness (QED) is 0.631. The topological polar surface area (TPSA) is 49.8 Å². The van der Waals surface area contributed by atoms with Gasteiger partial charge in [-0.05, 0) is 37.1 Å². The highest BCUT2D eigenvalue weighted by Gasteiger charge is 2.21. The van der Waals surface area contributed by atoms with Crippen molar-refractivity contribution in [2.45, 2.75) is 13.8 Å². The lowest BCUT2D eigenvalue weighted by Gasteiger charge is -2.08. The minimum Gasteiger partial charge on any atom is -0.354 e. The predicted octanol–water partition coefficient (Wildman–Crippen LogP) is 5.26. The zero-order valence-electron chi connectivity index (χ0n) is 12.2. The van der Waals surface area contributed by atoms with E-state index >= 15 is 0 Å². The summed E-state index contributed by atoms with van der Waals surface area (Å²) in [5.74, 6) is 0.514. The van der Waals surface area contributed by atoms with E-state index in [4.69, 9.17) is 4.52 Å². The van der Waals surface area contributed by atoms with Crippen LogP contribution in [0.25, 0.3) is 22.6 Å². The highest BCUT2D eigenvalue weighted by molar-refractivity contribution is 9.10.